The van der Waals surface area contributed by atoms with E-state index >= 15 is 0 Å². The molecule has 6 heteroatoms. The maximum atomic E-state index is 12.5. The summed E-state index contributed by atoms with van der Waals surface area (Å²) in [6, 6.07) is 15.1. The number of carbonyl (C=O) groups is 1. The number of nitrogen functional groups attached to an aromatic ring is 1. The zero-order valence-electron chi connectivity index (χ0n) is 14.1. The molecular weight excluding hydrogens is 382 g/mol. The highest BCUT2D eigenvalue weighted by Crippen LogP contribution is 2.24. The number of Topliss-reactive ketones (excluding diaryl/α,β-unsaturated/α-hetero) is 1. The van der Waals surface area contributed by atoms with E-state index in [1.54, 1.807) is 17.7 Å². The molecule has 0 atom stereocenters. The van der Waals surface area contributed by atoms with E-state index in [4.69, 9.17) is 10.5 Å². The fourth-order valence-corrected chi connectivity index (χ4v) is 3.10. The van der Waals surface area contributed by atoms with Crippen LogP contribution in [0.15, 0.2) is 59.2 Å². The van der Waals surface area contributed by atoms with Crippen molar-refractivity contribution in [2.24, 2.45) is 7.05 Å². The highest BCUT2D eigenvalue weighted by Gasteiger charge is 2.20. The number of halogens is 1. The smallest absolute Gasteiger partial charge is 0.355 e. The number of nitrogens with zero attached hydrogens (tertiary/aromatic N) is 2. The van der Waals surface area contributed by atoms with Crippen molar-refractivity contribution in [3.63, 3.8) is 0 Å². The SMILES string of the molecule is COc1cccc(-c2c[n+](CC(=O)c3cccc(Br)c3)c(N)n2C)c1. The number of hydrogen-bond donors (Lipinski definition) is 1. The Morgan fingerprint density at radius 1 is 1.24 bits per heavy atom. The lowest BCUT2D eigenvalue weighted by atomic mass is 10.1. The average molecular weight is 401 g/mol. The Kier molecular flexibility index (Phi) is 4.90. The van der Waals surface area contributed by atoms with Crippen molar-refractivity contribution >= 4 is 27.7 Å². The van der Waals surface area contributed by atoms with Crippen molar-refractivity contribution in [3.8, 4) is 17.0 Å². The predicted octanol–water partition coefficient (Wildman–Crippen LogP) is 3.22. The van der Waals surface area contributed by atoms with Crippen LogP contribution >= 0.6 is 15.9 Å². The zero-order valence-corrected chi connectivity index (χ0v) is 15.7. The van der Waals surface area contributed by atoms with Crippen LogP contribution in [0, 0.1) is 0 Å². The molecule has 25 heavy (non-hydrogen) atoms. The van der Waals surface area contributed by atoms with Crippen LogP contribution in [0.5, 0.6) is 5.75 Å². The molecule has 0 saturated heterocycles. The summed E-state index contributed by atoms with van der Waals surface area (Å²) in [5.41, 5.74) is 8.74. The molecule has 0 unspecified atom stereocenters. The van der Waals surface area contributed by atoms with Crippen LogP contribution in [0.1, 0.15) is 10.4 Å². The van der Waals surface area contributed by atoms with Gasteiger partial charge in [-0.15, -0.1) is 0 Å². The fraction of sp³-hybridized carbons (Fsp3) is 0.158. The molecule has 0 fully saturated rings. The summed E-state index contributed by atoms with van der Waals surface area (Å²) < 4.78 is 9.78. The van der Waals surface area contributed by atoms with E-state index in [9.17, 15) is 4.79 Å². The topological polar surface area (TPSA) is 61.1 Å². The normalized spacial score (nSPS) is 10.7. The maximum absolute atomic E-state index is 12.5. The Morgan fingerprint density at radius 3 is 2.72 bits per heavy atom. The lowest BCUT2D eigenvalue weighted by Crippen LogP contribution is -2.39. The molecule has 5 nitrogen and oxygen atoms in total. The number of hydrogen-bond acceptors (Lipinski definition) is 3. The standard InChI is InChI=1S/C19H18BrN3O2/c1-22-17(13-5-4-8-16(10-13)25-2)11-23(19(22)21)12-18(24)14-6-3-7-15(20)9-14/h3-11,21H,12H2,1-2H3/p+1. The second-order valence-corrected chi connectivity index (χ2v) is 6.64. The molecule has 1 heterocycles. The number of anilines is 1. The van der Waals surface area contributed by atoms with Crippen molar-refractivity contribution in [2.45, 2.75) is 6.54 Å². The van der Waals surface area contributed by atoms with Gasteiger partial charge in [0.15, 0.2) is 5.78 Å². The Morgan fingerprint density at radius 2 is 2.00 bits per heavy atom. The van der Waals surface area contributed by atoms with Crippen molar-refractivity contribution in [1.29, 1.82) is 0 Å². The van der Waals surface area contributed by atoms with E-state index in [2.05, 4.69) is 15.9 Å². The Balaban J connectivity index is 1.92. The quantitative estimate of drug-likeness (QED) is 0.528. The summed E-state index contributed by atoms with van der Waals surface area (Å²) in [6.07, 6.45) is 1.89. The number of carbonyl (C=O) groups excluding carboxylic acids is 1. The van der Waals surface area contributed by atoms with E-state index in [1.807, 2.05) is 60.3 Å². The lowest BCUT2D eigenvalue weighted by molar-refractivity contribution is -0.667. The van der Waals surface area contributed by atoms with Crippen LogP contribution in [-0.4, -0.2) is 17.5 Å². The van der Waals surface area contributed by atoms with Crippen molar-refractivity contribution in [3.05, 3.63) is 64.8 Å². The third kappa shape index (κ3) is 3.58. The zero-order chi connectivity index (χ0) is 18.0. The van der Waals surface area contributed by atoms with Crippen LogP contribution in [0.4, 0.5) is 5.95 Å². The number of ketones is 1. The molecule has 1 aromatic heterocycles. The first-order valence-corrected chi connectivity index (χ1v) is 8.56. The Bertz CT molecular complexity index is 934. The van der Waals surface area contributed by atoms with Crippen molar-refractivity contribution in [2.75, 3.05) is 12.8 Å². The maximum Gasteiger partial charge on any atom is 0.355 e. The molecule has 0 amide bonds. The largest absolute Gasteiger partial charge is 0.497 e. The number of benzene rings is 2. The summed E-state index contributed by atoms with van der Waals surface area (Å²) in [4.78, 5) is 12.5. The second-order valence-electron chi connectivity index (χ2n) is 5.72. The van der Waals surface area contributed by atoms with Gasteiger partial charge < -0.3 is 4.74 Å². The van der Waals surface area contributed by atoms with Crippen LogP contribution in [0.3, 0.4) is 0 Å². The van der Waals surface area contributed by atoms with Gasteiger partial charge in [0.05, 0.1) is 14.2 Å². The fourth-order valence-electron chi connectivity index (χ4n) is 2.70. The van der Waals surface area contributed by atoms with Crippen LogP contribution in [0.25, 0.3) is 11.3 Å². The van der Waals surface area contributed by atoms with Gasteiger partial charge in [0.1, 0.15) is 24.2 Å². The number of imidazole rings is 1. The first kappa shape index (κ1) is 17.2. The predicted molar refractivity (Wildman–Crippen MR) is 100 cm³/mol. The van der Waals surface area contributed by atoms with E-state index in [-0.39, 0.29) is 12.3 Å². The first-order chi connectivity index (χ1) is 12.0. The molecule has 2 aromatic carbocycles. The van der Waals surface area contributed by atoms with Crippen molar-refractivity contribution < 1.29 is 14.1 Å². The van der Waals surface area contributed by atoms with Gasteiger partial charge in [0, 0.05) is 15.6 Å². The summed E-state index contributed by atoms with van der Waals surface area (Å²) in [7, 11) is 3.51. The van der Waals surface area contributed by atoms with E-state index in [0.29, 0.717) is 11.5 Å². The molecule has 0 saturated carbocycles. The van der Waals surface area contributed by atoms with Gasteiger partial charge in [-0.3, -0.25) is 10.5 Å². The summed E-state index contributed by atoms with van der Waals surface area (Å²) in [6.45, 7) is 0.181. The van der Waals surface area contributed by atoms with Gasteiger partial charge in [-0.2, -0.15) is 0 Å². The molecule has 0 radical (unpaired) electrons. The monoisotopic (exact) mass is 400 g/mol. The minimum absolute atomic E-state index is 0.000734. The third-order valence-electron chi connectivity index (χ3n) is 4.10. The van der Waals surface area contributed by atoms with E-state index in [1.165, 1.54) is 0 Å². The van der Waals surface area contributed by atoms with Gasteiger partial charge in [-0.05, 0) is 24.3 Å². The number of aromatic nitrogens is 2. The first-order valence-electron chi connectivity index (χ1n) is 7.77. The minimum atomic E-state index is 0.000734. The van der Waals surface area contributed by atoms with Gasteiger partial charge in [0.25, 0.3) is 0 Å². The number of nitrogens with two attached hydrogens (primary N) is 1. The number of methoxy groups -OCH3 is 1. The summed E-state index contributed by atoms with van der Waals surface area (Å²) in [5, 5.41) is 0. The molecule has 128 valence electrons. The number of rotatable bonds is 5. The molecule has 0 aliphatic rings. The molecule has 0 aliphatic carbocycles. The average Bonchev–Trinajstić information content (AvgIpc) is 2.90. The van der Waals surface area contributed by atoms with Crippen molar-refractivity contribution in [1.82, 2.24) is 4.57 Å². The summed E-state index contributed by atoms with van der Waals surface area (Å²) >= 11 is 3.39. The number of ether oxygens (including phenoxy) is 1. The van der Waals surface area contributed by atoms with Crippen LogP contribution in [0.2, 0.25) is 0 Å². The Hall–Kier alpha value is -2.60. The Labute approximate surface area is 154 Å². The minimum Gasteiger partial charge on any atom is -0.497 e. The van der Waals surface area contributed by atoms with Crippen LogP contribution in [-0.2, 0) is 13.6 Å². The second kappa shape index (κ2) is 7.11. The molecule has 0 aliphatic heterocycles. The third-order valence-corrected chi connectivity index (χ3v) is 4.60. The molecule has 0 spiro atoms. The van der Waals surface area contributed by atoms with E-state index < -0.39 is 0 Å². The highest BCUT2D eigenvalue weighted by atomic mass is 79.9. The van der Waals surface area contributed by atoms with Crippen LogP contribution < -0.4 is 15.0 Å². The molecular formula is C19H19BrN3O2+. The molecule has 2 N–H and O–H groups in total. The van der Waals surface area contributed by atoms with E-state index in [0.717, 1.165) is 21.5 Å². The van der Waals surface area contributed by atoms with Gasteiger partial charge in [-0.25, -0.2) is 9.13 Å². The highest BCUT2D eigenvalue weighted by molar-refractivity contribution is 9.10. The molecule has 3 aromatic rings. The lowest BCUT2D eigenvalue weighted by Gasteiger charge is -2.02. The van der Waals surface area contributed by atoms with Gasteiger partial charge in [0.2, 0.25) is 0 Å². The summed E-state index contributed by atoms with van der Waals surface area (Å²) in [5.74, 6) is 1.29. The van der Waals surface area contributed by atoms with Gasteiger partial charge in [-0.1, -0.05) is 40.2 Å². The molecule has 0 bridgehead atoms. The molecule has 3 rings (SSSR count). The van der Waals surface area contributed by atoms with Gasteiger partial charge >= 0.3 is 5.95 Å².